The monoisotopic (exact) mass is 474 g/mol. The zero-order chi connectivity index (χ0) is 24.9. The van der Waals surface area contributed by atoms with Crippen molar-refractivity contribution in [1.29, 1.82) is 0 Å². The van der Waals surface area contributed by atoms with E-state index in [1.807, 2.05) is 0 Å². The van der Waals surface area contributed by atoms with Gasteiger partial charge in [0.1, 0.15) is 11.5 Å². The van der Waals surface area contributed by atoms with Crippen LogP contribution in [0.15, 0.2) is 34.1 Å². The third-order valence-electron chi connectivity index (χ3n) is 5.72. The molecule has 0 aliphatic carbocycles. The molecule has 178 valence electrons. The lowest BCUT2D eigenvalue weighted by molar-refractivity contribution is 0.431. The molecule has 0 bridgehead atoms. The summed E-state index contributed by atoms with van der Waals surface area (Å²) >= 11 is 0. The molecule has 2 aromatic carbocycles. The third-order valence-corrected chi connectivity index (χ3v) is 8.11. The van der Waals surface area contributed by atoms with E-state index in [9.17, 15) is 10.2 Å². The fraction of sp³-hybridized carbons (Fsp3) is 0.571. The molecule has 2 N–H and O–H groups in total. The molecule has 0 radical (unpaired) electrons. The molecule has 0 fully saturated rings. The standard InChI is InChI=1S/C28H42O2S2/c1-25(2,3)17-13-19(27(7,8)9)23(29)21(15-17)31-32-22-16-18(26(4,5)6)14-20(24(22)30)28(10,11)12/h13-16,29-30H,1-12H3. The molecular weight excluding hydrogens is 432 g/mol. The molecule has 0 aliphatic heterocycles. The first-order valence-electron chi connectivity index (χ1n) is 11.3. The molecule has 0 unspecified atom stereocenters. The van der Waals surface area contributed by atoms with Crippen molar-refractivity contribution >= 4 is 21.6 Å². The molecule has 0 aromatic heterocycles. The predicted molar refractivity (Wildman–Crippen MR) is 143 cm³/mol. The van der Waals surface area contributed by atoms with E-state index in [2.05, 4.69) is 107 Å². The van der Waals surface area contributed by atoms with Gasteiger partial charge in [0.05, 0.1) is 9.79 Å². The predicted octanol–water partition coefficient (Wildman–Crippen LogP) is 9.09. The summed E-state index contributed by atoms with van der Waals surface area (Å²) in [7, 11) is 3.04. The summed E-state index contributed by atoms with van der Waals surface area (Å²) in [5, 5.41) is 22.3. The van der Waals surface area contributed by atoms with Crippen LogP contribution < -0.4 is 0 Å². The summed E-state index contributed by atoms with van der Waals surface area (Å²) in [6.07, 6.45) is 0. The largest absolute Gasteiger partial charge is 0.506 e. The molecule has 2 rings (SSSR count). The molecule has 2 nitrogen and oxygen atoms in total. The van der Waals surface area contributed by atoms with Gasteiger partial charge in [-0.15, -0.1) is 0 Å². The summed E-state index contributed by atoms with van der Waals surface area (Å²) in [5.41, 5.74) is 3.92. The van der Waals surface area contributed by atoms with Crippen LogP contribution in [0.5, 0.6) is 11.5 Å². The first-order chi connectivity index (χ1) is 14.2. The summed E-state index contributed by atoms with van der Waals surface area (Å²) in [6, 6.07) is 8.47. The summed E-state index contributed by atoms with van der Waals surface area (Å²) in [4.78, 5) is 1.68. The highest BCUT2D eigenvalue weighted by Gasteiger charge is 2.27. The Balaban J connectivity index is 2.59. The Morgan fingerprint density at radius 1 is 0.469 bits per heavy atom. The Morgan fingerprint density at radius 2 is 0.750 bits per heavy atom. The highest BCUT2D eigenvalue weighted by Crippen LogP contribution is 2.51. The van der Waals surface area contributed by atoms with Gasteiger partial charge in [-0.2, -0.15) is 0 Å². The van der Waals surface area contributed by atoms with Crippen molar-refractivity contribution in [3.63, 3.8) is 0 Å². The Hall–Kier alpha value is -1.26. The van der Waals surface area contributed by atoms with Crippen molar-refractivity contribution in [2.75, 3.05) is 0 Å². The quantitative estimate of drug-likeness (QED) is 0.435. The van der Waals surface area contributed by atoms with Crippen molar-refractivity contribution in [3.8, 4) is 11.5 Å². The van der Waals surface area contributed by atoms with E-state index in [1.54, 1.807) is 0 Å². The van der Waals surface area contributed by atoms with Crippen molar-refractivity contribution in [2.24, 2.45) is 0 Å². The summed E-state index contributed by atoms with van der Waals surface area (Å²) in [5.74, 6) is 0.677. The van der Waals surface area contributed by atoms with Gasteiger partial charge in [-0.25, -0.2) is 0 Å². The zero-order valence-corrected chi connectivity index (χ0v) is 23.7. The highest BCUT2D eigenvalue weighted by atomic mass is 33.1. The van der Waals surface area contributed by atoms with E-state index in [-0.39, 0.29) is 21.7 Å². The lowest BCUT2D eigenvalue weighted by Crippen LogP contribution is -2.17. The van der Waals surface area contributed by atoms with Gasteiger partial charge in [-0.1, -0.05) is 95.2 Å². The minimum atomic E-state index is -0.168. The molecular formula is C28H42O2S2. The lowest BCUT2D eigenvalue weighted by Gasteiger charge is -2.28. The Kier molecular flexibility index (Phi) is 7.45. The molecule has 0 heterocycles. The molecule has 2 aromatic rings. The maximum atomic E-state index is 11.1. The molecule has 32 heavy (non-hydrogen) atoms. The van der Waals surface area contributed by atoms with Crippen LogP contribution in [0.25, 0.3) is 0 Å². The normalized spacial score (nSPS) is 13.5. The SMILES string of the molecule is CC(C)(C)c1cc(SSc2cc(C(C)(C)C)cc(C(C)(C)C)c2O)c(O)c(C(C)(C)C)c1. The molecule has 0 saturated carbocycles. The number of hydrogen-bond acceptors (Lipinski definition) is 4. The smallest absolute Gasteiger partial charge is 0.133 e. The second kappa shape index (κ2) is 8.83. The highest BCUT2D eigenvalue weighted by molar-refractivity contribution is 8.76. The minimum Gasteiger partial charge on any atom is -0.506 e. The van der Waals surface area contributed by atoms with Gasteiger partial charge in [0.2, 0.25) is 0 Å². The maximum Gasteiger partial charge on any atom is 0.133 e. The summed E-state index contributed by atoms with van der Waals surface area (Å²) in [6.45, 7) is 26.0. The van der Waals surface area contributed by atoms with E-state index in [4.69, 9.17) is 0 Å². The van der Waals surface area contributed by atoms with Crippen LogP contribution >= 0.6 is 21.6 Å². The van der Waals surface area contributed by atoms with Gasteiger partial charge in [0.25, 0.3) is 0 Å². The van der Waals surface area contributed by atoms with Gasteiger partial charge in [0, 0.05) is 11.1 Å². The van der Waals surface area contributed by atoms with Crippen LogP contribution in [-0.4, -0.2) is 10.2 Å². The van der Waals surface area contributed by atoms with Gasteiger partial charge in [-0.05, 0) is 66.5 Å². The number of phenolic OH excluding ortho intramolecular Hbond substituents is 2. The molecule has 0 amide bonds. The average molecular weight is 475 g/mol. The zero-order valence-electron chi connectivity index (χ0n) is 22.0. The molecule has 0 saturated heterocycles. The van der Waals surface area contributed by atoms with Gasteiger partial charge in [-0.3, -0.25) is 0 Å². The topological polar surface area (TPSA) is 40.5 Å². The first-order valence-corrected chi connectivity index (χ1v) is 13.5. The van der Waals surface area contributed by atoms with Crippen LogP contribution in [0.3, 0.4) is 0 Å². The molecule has 0 atom stereocenters. The lowest BCUT2D eigenvalue weighted by atomic mass is 9.80. The van der Waals surface area contributed by atoms with Crippen LogP contribution in [0, 0.1) is 0 Å². The van der Waals surface area contributed by atoms with E-state index in [0.29, 0.717) is 11.5 Å². The number of rotatable bonds is 3. The van der Waals surface area contributed by atoms with Crippen LogP contribution in [0.1, 0.15) is 105 Å². The summed E-state index contributed by atoms with van der Waals surface area (Å²) < 4.78 is 0. The van der Waals surface area contributed by atoms with E-state index < -0.39 is 0 Å². The Labute approximate surface area is 204 Å². The fourth-order valence-electron chi connectivity index (χ4n) is 3.44. The molecule has 4 heteroatoms. The van der Waals surface area contributed by atoms with Crippen molar-refractivity contribution < 1.29 is 10.2 Å². The first kappa shape index (κ1) is 27.0. The number of benzene rings is 2. The number of hydrogen-bond donors (Lipinski definition) is 2. The number of phenols is 2. The third kappa shape index (κ3) is 6.20. The van der Waals surface area contributed by atoms with E-state index >= 15 is 0 Å². The van der Waals surface area contributed by atoms with Crippen molar-refractivity contribution in [3.05, 3.63) is 46.5 Å². The second-order valence-electron chi connectivity index (χ2n) is 12.9. The molecule has 0 aliphatic rings. The van der Waals surface area contributed by atoms with Crippen LogP contribution in [-0.2, 0) is 21.7 Å². The minimum absolute atomic E-state index is 0.0264. The Morgan fingerprint density at radius 3 is 0.969 bits per heavy atom. The maximum absolute atomic E-state index is 11.1. The molecule has 0 spiro atoms. The van der Waals surface area contributed by atoms with Crippen LogP contribution in [0.4, 0.5) is 0 Å². The van der Waals surface area contributed by atoms with Gasteiger partial charge < -0.3 is 10.2 Å². The van der Waals surface area contributed by atoms with Crippen LogP contribution in [0.2, 0.25) is 0 Å². The van der Waals surface area contributed by atoms with Gasteiger partial charge in [0.15, 0.2) is 0 Å². The second-order valence-corrected chi connectivity index (χ2v) is 15.1. The number of aromatic hydroxyl groups is 2. The van der Waals surface area contributed by atoms with E-state index in [0.717, 1.165) is 20.9 Å². The van der Waals surface area contributed by atoms with Crippen molar-refractivity contribution in [2.45, 2.75) is 115 Å². The average Bonchev–Trinajstić information content (AvgIpc) is 2.57. The van der Waals surface area contributed by atoms with Crippen molar-refractivity contribution in [1.82, 2.24) is 0 Å². The van der Waals surface area contributed by atoms with Gasteiger partial charge >= 0.3 is 0 Å². The van der Waals surface area contributed by atoms with E-state index in [1.165, 1.54) is 32.7 Å². The fourth-order valence-corrected chi connectivity index (χ4v) is 5.65. The Bertz CT molecular complexity index is 897.